The summed E-state index contributed by atoms with van der Waals surface area (Å²) in [7, 11) is 1.52. The van der Waals surface area contributed by atoms with Gasteiger partial charge in [0.05, 0.1) is 11.7 Å². The first-order valence-electron chi connectivity index (χ1n) is 5.78. The lowest BCUT2D eigenvalue weighted by molar-refractivity contribution is 0.0703. The Labute approximate surface area is 111 Å². The van der Waals surface area contributed by atoms with Gasteiger partial charge in [-0.3, -0.25) is 4.79 Å². The van der Waals surface area contributed by atoms with Crippen LogP contribution in [0, 0.1) is 17.7 Å². The molecule has 0 saturated heterocycles. The van der Waals surface area contributed by atoms with Gasteiger partial charge in [-0.2, -0.15) is 0 Å². The van der Waals surface area contributed by atoms with E-state index in [4.69, 9.17) is 5.11 Å². The van der Waals surface area contributed by atoms with Crippen molar-refractivity contribution in [1.29, 1.82) is 0 Å². The third-order valence-electron chi connectivity index (χ3n) is 2.40. The van der Waals surface area contributed by atoms with Crippen LogP contribution in [0.5, 0.6) is 0 Å². The molecule has 1 atom stereocenters. The highest BCUT2D eigenvalue weighted by Crippen LogP contribution is 2.13. The molecule has 1 aromatic rings. The van der Waals surface area contributed by atoms with Crippen molar-refractivity contribution in [2.75, 3.05) is 20.2 Å². The van der Waals surface area contributed by atoms with Gasteiger partial charge < -0.3 is 15.1 Å². The lowest BCUT2D eigenvalue weighted by atomic mass is 10.1. The summed E-state index contributed by atoms with van der Waals surface area (Å²) in [5.74, 6) is 4.06. The number of hydrogen-bond donors (Lipinski definition) is 2. The normalized spacial score (nSPS) is 11.4. The highest BCUT2D eigenvalue weighted by atomic mass is 19.1. The van der Waals surface area contributed by atoms with Crippen LogP contribution in [0.4, 0.5) is 4.39 Å². The first kappa shape index (κ1) is 15.2. The third-order valence-corrected chi connectivity index (χ3v) is 2.40. The fourth-order valence-electron chi connectivity index (χ4n) is 1.62. The minimum absolute atomic E-state index is 0.115. The van der Waals surface area contributed by atoms with Crippen molar-refractivity contribution < 1.29 is 19.4 Å². The maximum Gasteiger partial charge on any atom is 0.255 e. The van der Waals surface area contributed by atoms with Gasteiger partial charge >= 0.3 is 0 Å². The molecule has 0 spiro atoms. The largest absolute Gasteiger partial charge is 0.392 e. The molecule has 2 N–H and O–H groups in total. The summed E-state index contributed by atoms with van der Waals surface area (Å²) in [5, 5.41) is 17.9. The molecule has 1 amide bonds. The lowest BCUT2D eigenvalue weighted by Gasteiger charge is -2.19. The molecule has 102 valence electrons. The Morgan fingerprint density at radius 2 is 2.21 bits per heavy atom. The second-order valence-electron chi connectivity index (χ2n) is 4.18. The first-order valence-corrected chi connectivity index (χ1v) is 5.78. The van der Waals surface area contributed by atoms with E-state index in [2.05, 4.69) is 11.8 Å². The van der Waals surface area contributed by atoms with Gasteiger partial charge in [-0.15, -0.1) is 0 Å². The van der Waals surface area contributed by atoms with E-state index in [-0.39, 0.29) is 18.7 Å². The van der Waals surface area contributed by atoms with E-state index < -0.39 is 17.8 Å². The number of likely N-dealkylation sites (N-methyl/N-ethyl adjacent to an activating group) is 1. The minimum Gasteiger partial charge on any atom is -0.392 e. The average Bonchev–Trinajstić information content (AvgIpc) is 2.35. The molecule has 0 bridgehead atoms. The second kappa shape index (κ2) is 6.88. The number of halogens is 1. The van der Waals surface area contributed by atoms with E-state index in [1.54, 1.807) is 6.92 Å². The maximum atomic E-state index is 13.2. The summed E-state index contributed by atoms with van der Waals surface area (Å²) in [6.07, 6.45) is -0.672. The summed E-state index contributed by atoms with van der Waals surface area (Å²) in [4.78, 5) is 13.4. The summed E-state index contributed by atoms with van der Waals surface area (Å²) in [6, 6.07) is 3.69. The molecule has 5 heteroatoms. The Morgan fingerprint density at radius 1 is 1.53 bits per heavy atom. The van der Waals surface area contributed by atoms with Gasteiger partial charge in [0.1, 0.15) is 12.4 Å². The van der Waals surface area contributed by atoms with Crippen LogP contribution in [0.15, 0.2) is 18.2 Å². The van der Waals surface area contributed by atoms with Gasteiger partial charge in [-0.1, -0.05) is 11.8 Å². The van der Waals surface area contributed by atoms with E-state index in [0.29, 0.717) is 5.56 Å². The number of carbonyl (C=O) groups excluding carboxylic acids is 1. The van der Waals surface area contributed by atoms with Crippen LogP contribution in [-0.4, -0.2) is 47.3 Å². The van der Waals surface area contributed by atoms with E-state index in [1.807, 2.05) is 0 Å². The Bertz CT molecular complexity index is 517. The summed E-state index contributed by atoms with van der Waals surface area (Å²) >= 11 is 0. The molecule has 1 unspecified atom stereocenters. The summed E-state index contributed by atoms with van der Waals surface area (Å²) in [6.45, 7) is 1.36. The molecule has 0 aliphatic rings. The molecule has 0 radical (unpaired) electrons. The number of aliphatic hydroxyl groups excluding tert-OH is 2. The van der Waals surface area contributed by atoms with E-state index >= 15 is 0 Å². The number of benzene rings is 1. The van der Waals surface area contributed by atoms with Crippen LogP contribution in [0.25, 0.3) is 0 Å². The number of hydrogen-bond acceptors (Lipinski definition) is 3. The zero-order chi connectivity index (χ0) is 14.4. The summed E-state index contributed by atoms with van der Waals surface area (Å²) < 4.78 is 13.2. The number of nitrogens with zero attached hydrogens (tertiary/aromatic N) is 1. The highest BCUT2D eigenvalue weighted by molar-refractivity contribution is 5.96. The molecule has 1 aromatic carbocycles. The van der Waals surface area contributed by atoms with Gasteiger partial charge in [-0.05, 0) is 25.1 Å². The molecule has 1 rings (SSSR count). The Kier molecular flexibility index (Phi) is 5.49. The zero-order valence-electron chi connectivity index (χ0n) is 10.9. The molecule has 0 heterocycles. The second-order valence-corrected chi connectivity index (χ2v) is 4.18. The van der Waals surface area contributed by atoms with Gasteiger partial charge in [0.2, 0.25) is 0 Å². The Hall–Kier alpha value is -1.90. The van der Waals surface area contributed by atoms with E-state index in [9.17, 15) is 14.3 Å². The van der Waals surface area contributed by atoms with Gasteiger partial charge in [0.25, 0.3) is 5.91 Å². The maximum absolute atomic E-state index is 13.2. The molecule has 0 aromatic heterocycles. The molecular weight excluding hydrogens is 249 g/mol. The standard InChI is InChI=1S/C14H16FNO3/c1-10(18)9-16(2)14(19)13-8-12(15)6-5-11(13)4-3-7-17/h5-6,8,10,17-18H,7,9H2,1-2H3. The predicted octanol–water partition coefficient (Wildman–Crippen LogP) is 0.622. The van der Waals surface area contributed by atoms with Crippen LogP contribution >= 0.6 is 0 Å². The van der Waals surface area contributed by atoms with Crippen LogP contribution < -0.4 is 0 Å². The van der Waals surface area contributed by atoms with Crippen LogP contribution in [-0.2, 0) is 0 Å². The fraction of sp³-hybridized carbons (Fsp3) is 0.357. The molecule has 0 aliphatic carbocycles. The average molecular weight is 265 g/mol. The van der Waals surface area contributed by atoms with Crippen molar-refractivity contribution >= 4 is 5.91 Å². The minimum atomic E-state index is -0.672. The highest BCUT2D eigenvalue weighted by Gasteiger charge is 2.17. The number of amides is 1. The smallest absolute Gasteiger partial charge is 0.255 e. The molecular formula is C14H16FNO3. The van der Waals surface area contributed by atoms with Crippen molar-refractivity contribution in [2.45, 2.75) is 13.0 Å². The zero-order valence-corrected chi connectivity index (χ0v) is 10.9. The molecule has 0 aliphatic heterocycles. The van der Waals surface area contributed by atoms with Crippen LogP contribution in [0.3, 0.4) is 0 Å². The number of aliphatic hydroxyl groups is 2. The first-order chi connectivity index (χ1) is 8.95. The Morgan fingerprint density at radius 3 is 2.79 bits per heavy atom. The van der Waals surface area contributed by atoms with Gasteiger partial charge in [-0.25, -0.2) is 4.39 Å². The number of carbonyl (C=O) groups is 1. The van der Waals surface area contributed by atoms with Crippen molar-refractivity contribution in [3.8, 4) is 11.8 Å². The van der Waals surface area contributed by atoms with Crippen molar-refractivity contribution in [3.63, 3.8) is 0 Å². The monoisotopic (exact) mass is 265 g/mol. The third kappa shape index (κ3) is 4.36. The van der Waals surface area contributed by atoms with Crippen molar-refractivity contribution in [2.24, 2.45) is 0 Å². The molecule has 0 fully saturated rings. The fourth-order valence-corrected chi connectivity index (χ4v) is 1.62. The van der Waals surface area contributed by atoms with E-state index in [0.717, 1.165) is 6.07 Å². The van der Waals surface area contributed by atoms with Crippen LogP contribution in [0.1, 0.15) is 22.8 Å². The SMILES string of the molecule is CC(O)CN(C)C(=O)c1cc(F)ccc1C#CCO. The van der Waals surface area contributed by atoms with Gasteiger partial charge in [0.15, 0.2) is 0 Å². The van der Waals surface area contributed by atoms with Crippen molar-refractivity contribution in [1.82, 2.24) is 4.90 Å². The lowest BCUT2D eigenvalue weighted by Crippen LogP contribution is -2.33. The topological polar surface area (TPSA) is 60.8 Å². The quantitative estimate of drug-likeness (QED) is 0.788. The molecule has 19 heavy (non-hydrogen) atoms. The molecule has 0 saturated carbocycles. The van der Waals surface area contributed by atoms with Crippen molar-refractivity contribution in [3.05, 3.63) is 35.1 Å². The number of rotatable bonds is 3. The van der Waals surface area contributed by atoms with E-state index in [1.165, 1.54) is 24.1 Å². The van der Waals surface area contributed by atoms with Gasteiger partial charge in [0, 0.05) is 19.2 Å². The Balaban J connectivity index is 3.09. The molecule has 4 nitrogen and oxygen atoms in total. The summed E-state index contributed by atoms with van der Waals surface area (Å²) in [5.41, 5.74) is 0.460. The van der Waals surface area contributed by atoms with Crippen LogP contribution in [0.2, 0.25) is 0 Å². The predicted molar refractivity (Wildman–Crippen MR) is 69.0 cm³/mol.